The summed E-state index contributed by atoms with van der Waals surface area (Å²) < 4.78 is 23.5. The molecule has 0 unspecified atom stereocenters. The molecule has 1 aliphatic rings. The Bertz CT molecular complexity index is 1620. The molecule has 5 rings (SSSR count). The van der Waals surface area contributed by atoms with E-state index in [1.807, 2.05) is 97.1 Å². The molecular formula is C32H27BrN2O5S. The van der Waals surface area contributed by atoms with Gasteiger partial charge >= 0.3 is 0 Å². The molecule has 7 nitrogen and oxygen atoms in total. The fraction of sp³-hybridized carbons (Fsp3) is 0.125. The van der Waals surface area contributed by atoms with Crippen LogP contribution in [-0.4, -0.2) is 32.4 Å². The SMILES string of the molecule is COc1ccccc1N=C1S/C(=C\c2cc(OC)c(OCc3ccccc3)cc2Br)C(=O)N1c1ccccc1OC. The summed E-state index contributed by atoms with van der Waals surface area (Å²) in [6.45, 7) is 0.398. The number of hydrogen-bond acceptors (Lipinski definition) is 7. The first-order valence-electron chi connectivity index (χ1n) is 12.7. The molecule has 208 valence electrons. The maximum atomic E-state index is 13.9. The number of aliphatic imine (C=N–C) groups is 1. The van der Waals surface area contributed by atoms with Crippen LogP contribution < -0.4 is 23.8 Å². The van der Waals surface area contributed by atoms with Crippen molar-refractivity contribution in [2.45, 2.75) is 6.61 Å². The van der Waals surface area contributed by atoms with Crippen molar-refractivity contribution in [2.24, 2.45) is 4.99 Å². The standard InChI is InChI=1S/C32H27BrN2O5S/c1-37-26-15-9-7-13-24(26)34-32-35(25-14-8-10-16-27(25)38-2)31(36)30(41-32)18-22-17-28(39-3)29(19-23(22)33)40-20-21-11-5-4-6-12-21/h4-19H,20H2,1-3H3/b30-18-,34-32?. The molecule has 0 saturated carbocycles. The van der Waals surface area contributed by atoms with Gasteiger partial charge in [0, 0.05) is 4.47 Å². The highest BCUT2D eigenvalue weighted by molar-refractivity contribution is 9.10. The number of amidine groups is 1. The van der Waals surface area contributed by atoms with Gasteiger partial charge in [0.2, 0.25) is 0 Å². The molecule has 1 aliphatic heterocycles. The van der Waals surface area contributed by atoms with Crippen molar-refractivity contribution in [2.75, 3.05) is 26.2 Å². The van der Waals surface area contributed by atoms with Crippen LogP contribution in [0.1, 0.15) is 11.1 Å². The molecule has 1 fully saturated rings. The quantitative estimate of drug-likeness (QED) is 0.175. The van der Waals surface area contributed by atoms with Crippen molar-refractivity contribution < 1.29 is 23.7 Å². The van der Waals surface area contributed by atoms with Crippen LogP contribution in [0, 0.1) is 0 Å². The second-order valence-electron chi connectivity index (χ2n) is 8.79. The molecule has 4 aromatic carbocycles. The van der Waals surface area contributed by atoms with Crippen molar-refractivity contribution in [1.82, 2.24) is 0 Å². The molecule has 0 spiro atoms. The fourth-order valence-electron chi connectivity index (χ4n) is 4.21. The molecular weight excluding hydrogens is 604 g/mol. The minimum Gasteiger partial charge on any atom is -0.495 e. The number of methoxy groups -OCH3 is 3. The molecule has 0 aliphatic carbocycles. The first kappa shape index (κ1) is 28.3. The Kier molecular flexibility index (Phi) is 8.96. The van der Waals surface area contributed by atoms with Crippen LogP contribution in [0.5, 0.6) is 23.0 Å². The van der Waals surface area contributed by atoms with Crippen LogP contribution in [0.25, 0.3) is 6.08 Å². The summed E-state index contributed by atoms with van der Waals surface area (Å²) in [6, 6.07) is 28.4. The van der Waals surface area contributed by atoms with Gasteiger partial charge in [-0.3, -0.25) is 9.69 Å². The summed E-state index contributed by atoms with van der Waals surface area (Å²) in [5.41, 5.74) is 2.99. The van der Waals surface area contributed by atoms with Gasteiger partial charge in [-0.15, -0.1) is 0 Å². The van der Waals surface area contributed by atoms with Crippen LogP contribution in [0.4, 0.5) is 11.4 Å². The van der Waals surface area contributed by atoms with Crippen molar-refractivity contribution >= 4 is 56.2 Å². The molecule has 0 radical (unpaired) electrons. The number of rotatable bonds is 9. The van der Waals surface area contributed by atoms with Crippen LogP contribution in [0.2, 0.25) is 0 Å². The number of ether oxygens (including phenoxy) is 4. The van der Waals surface area contributed by atoms with E-state index in [2.05, 4.69) is 15.9 Å². The Morgan fingerprint density at radius 1 is 0.805 bits per heavy atom. The van der Waals surface area contributed by atoms with Crippen LogP contribution in [0.15, 0.2) is 105 Å². The summed E-state index contributed by atoms with van der Waals surface area (Å²) in [5.74, 6) is 2.06. The number of para-hydroxylation sites is 4. The maximum absolute atomic E-state index is 13.9. The molecule has 0 bridgehead atoms. The normalized spacial score (nSPS) is 14.9. The van der Waals surface area contributed by atoms with Gasteiger partial charge in [-0.2, -0.15) is 0 Å². The largest absolute Gasteiger partial charge is 0.495 e. The summed E-state index contributed by atoms with van der Waals surface area (Å²) >= 11 is 4.92. The highest BCUT2D eigenvalue weighted by Crippen LogP contribution is 2.43. The number of benzene rings is 4. The van der Waals surface area contributed by atoms with Crippen molar-refractivity contribution in [3.05, 3.63) is 112 Å². The van der Waals surface area contributed by atoms with Crippen LogP contribution in [-0.2, 0) is 11.4 Å². The second kappa shape index (κ2) is 13.0. The molecule has 0 aromatic heterocycles. The van der Waals surface area contributed by atoms with Gasteiger partial charge in [0.15, 0.2) is 16.7 Å². The lowest BCUT2D eigenvalue weighted by Crippen LogP contribution is -2.29. The van der Waals surface area contributed by atoms with E-state index in [-0.39, 0.29) is 5.91 Å². The predicted octanol–water partition coefficient (Wildman–Crippen LogP) is 7.86. The van der Waals surface area contributed by atoms with Gasteiger partial charge < -0.3 is 18.9 Å². The molecule has 9 heteroatoms. The summed E-state index contributed by atoms with van der Waals surface area (Å²) in [4.78, 5) is 20.8. The number of thioether (sulfide) groups is 1. The van der Waals surface area contributed by atoms with Gasteiger partial charge in [0.05, 0.1) is 31.9 Å². The van der Waals surface area contributed by atoms with Crippen molar-refractivity contribution in [1.29, 1.82) is 0 Å². The van der Waals surface area contributed by atoms with E-state index < -0.39 is 0 Å². The van der Waals surface area contributed by atoms with Gasteiger partial charge in [-0.25, -0.2) is 4.99 Å². The first-order valence-corrected chi connectivity index (χ1v) is 14.3. The molecule has 0 atom stereocenters. The monoisotopic (exact) mass is 630 g/mol. The Labute approximate surface area is 251 Å². The summed E-state index contributed by atoms with van der Waals surface area (Å²) in [5, 5.41) is 0.473. The van der Waals surface area contributed by atoms with Gasteiger partial charge in [0.25, 0.3) is 5.91 Å². The molecule has 4 aromatic rings. The van der Waals surface area contributed by atoms with E-state index in [0.717, 1.165) is 15.6 Å². The number of anilines is 1. The number of carbonyl (C=O) groups excluding carboxylic acids is 1. The minimum atomic E-state index is -0.233. The Morgan fingerprint density at radius 3 is 2.20 bits per heavy atom. The van der Waals surface area contributed by atoms with E-state index >= 15 is 0 Å². The number of nitrogens with zero attached hydrogens (tertiary/aromatic N) is 2. The van der Waals surface area contributed by atoms with E-state index in [9.17, 15) is 4.79 Å². The molecule has 1 heterocycles. The van der Waals surface area contributed by atoms with Crippen molar-refractivity contribution in [3.8, 4) is 23.0 Å². The highest BCUT2D eigenvalue weighted by atomic mass is 79.9. The molecule has 1 amide bonds. The van der Waals surface area contributed by atoms with Crippen LogP contribution in [0.3, 0.4) is 0 Å². The van der Waals surface area contributed by atoms with E-state index in [0.29, 0.717) is 51.1 Å². The topological polar surface area (TPSA) is 69.6 Å². The fourth-order valence-corrected chi connectivity index (χ4v) is 5.63. The minimum absolute atomic E-state index is 0.233. The average Bonchev–Trinajstić information content (AvgIpc) is 3.31. The number of carbonyl (C=O) groups is 1. The van der Waals surface area contributed by atoms with E-state index in [1.54, 1.807) is 26.2 Å². The third-order valence-electron chi connectivity index (χ3n) is 6.24. The Balaban J connectivity index is 1.53. The lowest BCUT2D eigenvalue weighted by molar-refractivity contribution is -0.113. The molecule has 0 N–H and O–H groups in total. The van der Waals surface area contributed by atoms with E-state index in [1.165, 1.54) is 11.8 Å². The zero-order valence-electron chi connectivity index (χ0n) is 22.7. The van der Waals surface area contributed by atoms with Gasteiger partial charge in [-0.05, 0) is 65.4 Å². The Morgan fingerprint density at radius 2 is 1.46 bits per heavy atom. The number of hydrogen-bond donors (Lipinski definition) is 0. The molecule has 41 heavy (non-hydrogen) atoms. The summed E-state index contributed by atoms with van der Waals surface area (Å²) in [7, 11) is 4.75. The number of halogens is 1. The average molecular weight is 632 g/mol. The van der Waals surface area contributed by atoms with Gasteiger partial charge in [0.1, 0.15) is 23.8 Å². The molecule has 1 saturated heterocycles. The first-order chi connectivity index (χ1) is 20.0. The lowest BCUT2D eigenvalue weighted by atomic mass is 10.1. The van der Waals surface area contributed by atoms with Crippen molar-refractivity contribution in [3.63, 3.8) is 0 Å². The zero-order chi connectivity index (χ0) is 28.8. The second-order valence-corrected chi connectivity index (χ2v) is 10.7. The lowest BCUT2D eigenvalue weighted by Gasteiger charge is -2.18. The third-order valence-corrected chi connectivity index (χ3v) is 7.90. The predicted molar refractivity (Wildman–Crippen MR) is 168 cm³/mol. The summed E-state index contributed by atoms with van der Waals surface area (Å²) in [6.07, 6.45) is 1.81. The Hall–Kier alpha value is -4.21. The van der Waals surface area contributed by atoms with Gasteiger partial charge in [-0.1, -0.05) is 70.5 Å². The van der Waals surface area contributed by atoms with Crippen LogP contribution >= 0.6 is 27.7 Å². The number of amides is 1. The smallest absolute Gasteiger partial charge is 0.271 e. The highest BCUT2D eigenvalue weighted by Gasteiger charge is 2.36. The maximum Gasteiger partial charge on any atom is 0.271 e. The third kappa shape index (κ3) is 6.26. The van der Waals surface area contributed by atoms with E-state index in [4.69, 9.17) is 23.9 Å². The zero-order valence-corrected chi connectivity index (χ0v) is 25.1.